The molecule has 0 amide bonds. The number of aliphatic carboxylic acids is 1. The van der Waals surface area contributed by atoms with E-state index in [-0.39, 0.29) is 18.9 Å². The molecule has 0 bridgehead atoms. The number of ether oxygens (including phenoxy) is 1. The molecule has 0 aromatic rings. The van der Waals surface area contributed by atoms with Gasteiger partial charge in [-0.3, -0.25) is 4.55 Å². The first-order valence-corrected chi connectivity index (χ1v) is 9.68. The first-order chi connectivity index (χ1) is 11.5. The molecule has 2 N–H and O–H groups in total. The molecular formula is C16H34N2O7S+2. The predicted octanol–water partition coefficient (Wildman–Crippen LogP) is 0.237. The summed E-state index contributed by atoms with van der Waals surface area (Å²) in [7, 11) is 5.30. The molecule has 0 radical (unpaired) electrons. The number of quaternary nitrogens is 2. The normalized spacial score (nSPS) is 12.0. The minimum Gasteiger partial charge on any atom is -0.477 e. The standard InChI is InChI=1S/C11H21NO5S.C5H11NO2/c1-10(2)11(13)17-8-5-6-12(3,4)7-9-18(14,15)16;1-6(2,3)4-5(7)8/h1,5-9H2,2-4H3;4H2,1-3H3/p+2. The number of carbonyl (C=O) groups excluding carboxylic acids is 1. The molecule has 0 spiro atoms. The minimum atomic E-state index is -3.93. The quantitative estimate of drug-likeness (QED) is 0.178. The Labute approximate surface area is 156 Å². The van der Waals surface area contributed by atoms with Gasteiger partial charge in [-0.2, -0.15) is 8.42 Å². The lowest BCUT2D eigenvalue weighted by Gasteiger charge is -2.29. The van der Waals surface area contributed by atoms with Crippen LogP contribution in [0.4, 0.5) is 0 Å². The Bertz CT molecular complexity index is 578. The van der Waals surface area contributed by atoms with E-state index >= 15 is 0 Å². The second-order valence-corrected chi connectivity index (χ2v) is 9.35. The maximum Gasteiger partial charge on any atom is 0.359 e. The van der Waals surface area contributed by atoms with Crippen LogP contribution in [0.1, 0.15) is 13.3 Å². The third kappa shape index (κ3) is 20.6. The molecule has 0 saturated heterocycles. The van der Waals surface area contributed by atoms with Gasteiger partial charge in [0.2, 0.25) is 0 Å². The summed E-state index contributed by atoms with van der Waals surface area (Å²) in [6, 6.07) is 0. The van der Waals surface area contributed by atoms with Crippen molar-refractivity contribution in [2.24, 2.45) is 0 Å². The fraction of sp³-hybridized carbons (Fsp3) is 0.750. The lowest BCUT2D eigenvalue weighted by molar-refractivity contribution is -0.888. The average Bonchev–Trinajstić information content (AvgIpc) is 2.38. The molecule has 0 saturated carbocycles. The maximum atomic E-state index is 11.1. The van der Waals surface area contributed by atoms with E-state index in [2.05, 4.69) is 6.58 Å². The van der Waals surface area contributed by atoms with E-state index in [1.54, 1.807) is 6.92 Å². The fourth-order valence-corrected chi connectivity index (χ4v) is 2.39. The van der Waals surface area contributed by atoms with Gasteiger partial charge >= 0.3 is 11.9 Å². The number of hydrogen-bond donors (Lipinski definition) is 2. The third-order valence-electron chi connectivity index (χ3n) is 3.05. The number of nitrogens with zero attached hydrogens (tertiary/aromatic N) is 2. The molecule has 0 unspecified atom stereocenters. The first kappa shape index (κ1) is 26.7. The Hall–Kier alpha value is -1.49. The van der Waals surface area contributed by atoms with E-state index in [0.29, 0.717) is 34.0 Å². The van der Waals surface area contributed by atoms with Gasteiger partial charge in [0, 0.05) is 12.0 Å². The molecule has 0 fully saturated rings. The van der Waals surface area contributed by atoms with Crippen LogP contribution < -0.4 is 0 Å². The van der Waals surface area contributed by atoms with Crippen molar-refractivity contribution in [1.82, 2.24) is 0 Å². The van der Waals surface area contributed by atoms with E-state index in [1.165, 1.54) is 0 Å². The van der Waals surface area contributed by atoms with Crippen molar-refractivity contribution in [1.29, 1.82) is 0 Å². The summed E-state index contributed by atoms with van der Waals surface area (Å²) in [4.78, 5) is 21.1. The smallest absolute Gasteiger partial charge is 0.359 e. The van der Waals surface area contributed by atoms with Crippen LogP contribution in [0.3, 0.4) is 0 Å². The van der Waals surface area contributed by atoms with Crippen LogP contribution >= 0.6 is 0 Å². The summed E-state index contributed by atoms with van der Waals surface area (Å²) in [5, 5.41) is 8.23. The monoisotopic (exact) mass is 398 g/mol. The molecule has 0 aromatic carbocycles. The van der Waals surface area contributed by atoms with Crippen LogP contribution in [-0.4, -0.2) is 106 Å². The Morgan fingerprint density at radius 2 is 1.58 bits per heavy atom. The zero-order valence-corrected chi connectivity index (χ0v) is 17.5. The van der Waals surface area contributed by atoms with Gasteiger partial charge in [-0.1, -0.05) is 6.58 Å². The Kier molecular flexibility index (Phi) is 11.6. The highest BCUT2D eigenvalue weighted by Gasteiger charge is 2.18. The second-order valence-electron chi connectivity index (χ2n) is 7.78. The highest BCUT2D eigenvalue weighted by molar-refractivity contribution is 7.85. The van der Waals surface area contributed by atoms with Gasteiger partial charge < -0.3 is 18.8 Å². The Balaban J connectivity index is 0. The number of carboxylic acids is 1. The predicted molar refractivity (Wildman–Crippen MR) is 99.2 cm³/mol. The molecule has 10 heteroatoms. The molecule has 9 nitrogen and oxygen atoms in total. The zero-order valence-electron chi connectivity index (χ0n) is 16.7. The Morgan fingerprint density at radius 3 is 1.88 bits per heavy atom. The number of rotatable bonds is 10. The molecule has 0 aliphatic heterocycles. The van der Waals surface area contributed by atoms with Gasteiger partial charge in [0.15, 0.2) is 6.54 Å². The van der Waals surface area contributed by atoms with Crippen molar-refractivity contribution in [3.05, 3.63) is 12.2 Å². The van der Waals surface area contributed by atoms with Crippen LogP contribution in [0, 0.1) is 0 Å². The van der Waals surface area contributed by atoms with Crippen LogP contribution in [0.2, 0.25) is 0 Å². The molecule has 0 aromatic heterocycles. The lowest BCUT2D eigenvalue weighted by Crippen LogP contribution is -2.44. The average molecular weight is 399 g/mol. The van der Waals surface area contributed by atoms with Crippen molar-refractivity contribution in [3.63, 3.8) is 0 Å². The molecule has 0 heterocycles. The van der Waals surface area contributed by atoms with Crippen LogP contribution in [0.25, 0.3) is 0 Å². The third-order valence-corrected chi connectivity index (χ3v) is 3.75. The number of carboxylic acid groups (broad SMARTS) is 1. The van der Waals surface area contributed by atoms with Crippen molar-refractivity contribution in [2.45, 2.75) is 13.3 Å². The molecule has 0 atom stereocenters. The summed E-state index contributed by atoms with van der Waals surface area (Å²) < 4.78 is 35.8. The second kappa shape index (κ2) is 11.3. The van der Waals surface area contributed by atoms with Gasteiger partial charge in [0.1, 0.15) is 5.75 Å². The van der Waals surface area contributed by atoms with Crippen molar-refractivity contribution in [3.8, 4) is 0 Å². The summed E-state index contributed by atoms with van der Waals surface area (Å²) in [5.74, 6) is -1.44. The van der Waals surface area contributed by atoms with Gasteiger partial charge in [-0.05, 0) is 6.92 Å². The number of hydrogen-bond acceptors (Lipinski definition) is 5. The number of likely N-dealkylation sites (N-methyl/N-ethyl adjacent to an activating group) is 1. The summed E-state index contributed by atoms with van der Waals surface area (Å²) in [6.07, 6.45) is 0.623. The fourth-order valence-electron chi connectivity index (χ4n) is 1.66. The molecular weight excluding hydrogens is 364 g/mol. The highest BCUT2D eigenvalue weighted by atomic mass is 32.2. The van der Waals surface area contributed by atoms with Crippen LogP contribution in [-0.2, 0) is 24.4 Å². The topological polar surface area (TPSA) is 118 Å². The highest BCUT2D eigenvalue weighted by Crippen LogP contribution is 2.02. The van der Waals surface area contributed by atoms with E-state index in [0.717, 1.165) is 0 Å². The van der Waals surface area contributed by atoms with Gasteiger partial charge in [-0.15, -0.1) is 0 Å². The minimum absolute atomic E-state index is 0.181. The van der Waals surface area contributed by atoms with Crippen molar-refractivity contribution >= 4 is 22.1 Å². The summed E-state index contributed by atoms with van der Waals surface area (Å²) >= 11 is 0. The van der Waals surface area contributed by atoms with Gasteiger partial charge in [-0.25, -0.2) is 9.59 Å². The SMILES string of the molecule is C=C(C)C(=O)OCCC[N+](C)(C)CCS(=O)(=O)O.C[N+](C)(C)CC(=O)O. The Morgan fingerprint density at radius 1 is 1.08 bits per heavy atom. The zero-order chi connectivity index (χ0) is 21.2. The molecule has 0 aliphatic rings. The van der Waals surface area contributed by atoms with Crippen molar-refractivity contribution in [2.75, 3.05) is 67.2 Å². The van der Waals surface area contributed by atoms with Crippen LogP contribution in [0.5, 0.6) is 0 Å². The van der Waals surface area contributed by atoms with E-state index in [9.17, 15) is 18.0 Å². The van der Waals surface area contributed by atoms with E-state index < -0.39 is 22.1 Å². The van der Waals surface area contributed by atoms with Crippen LogP contribution in [0.15, 0.2) is 12.2 Å². The maximum absolute atomic E-state index is 11.1. The summed E-state index contributed by atoms with van der Waals surface area (Å²) in [6.45, 7) is 6.47. The van der Waals surface area contributed by atoms with Gasteiger partial charge in [0.25, 0.3) is 10.1 Å². The van der Waals surface area contributed by atoms with E-state index in [1.807, 2.05) is 35.2 Å². The molecule has 0 rings (SSSR count). The number of esters is 1. The van der Waals surface area contributed by atoms with Crippen molar-refractivity contribution < 1.29 is 41.4 Å². The molecule has 0 aliphatic carbocycles. The molecule has 154 valence electrons. The molecule has 26 heavy (non-hydrogen) atoms. The lowest BCUT2D eigenvalue weighted by atomic mass is 10.3. The largest absolute Gasteiger partial charge is 0.477 e. The number of carbonyl (C=O) groups is 2. The van der Waals surface area contributed by atoms with E-state index in [4.69, 9.17) is 14.4 Å². The van der Waals surface area contributed by atoms with Gasteiger partial charge in [0.05, 0.1) is 54.9 Å². The first-order valence-electron chi connectivity index (χ1n) is 8.07. The summed E-state index contributed by atoms with van der Waals surface area (Å²) in [5.41, 5.74) is 0.357.